The van der Waals surface area contributed by atoms with Gasteiger partial charge in [0.25, 0.3) is 10.0 Å². The molecular weight excluding hydrogens is 545 g/mol. The fourth-order valence-electron chi connectivity index (χ4n) is 3.93. The maximum atomic E-state index is 13.3. The topological polar surface area (TPSA) is 108 Å². The zero-order chi connectivity index (χ0) is 27.8. The maximum Gasteiger partial charge on any atom is 0.417 e. The Kier molecular flexibility index (Phi) is 7.39. The number of aryl methyl sites for hydroxylation is 2. The molecule has 0 spiro atoms. The van der Waals surface area contributed by atoms with Gasteiger partial charge < -0.3 is 9.90 Å². The summed E-state index contributed by atoms with van der Waals surface area (Å²) in [5.74, 6) is 0.816. The highest BCUT2D eigenvalue weighted by atomic mass is 35.5. The minimum Gasteiger partial charge on any atom is -0.529 e. The lowest BCUT2D eigenvalue weighted by Gasteiger charge is -2.24. The first-order valence-corrected chi connectivity index (χ1v) is 13.2. The average molecular weight is 566 g/mol. The van der Waals surface area contributed by atoms with Crippen molar-refractivity contribution in [1.29, 1.82) is 0 Å². The molecule has 0 aliphatic rings. The maximum absolute atomic E-state index is 13.3. The van der Waals surface area contributed by atoms with E-state index in [-0.39, 0.29) is 21.1 Å². The van der Waals surface area contributed by atoms with E-state index in [9.17, 15) is 31.5 Å². The van der Waals surface area contributed by atoms with Crippen LogP contribution in [-0.4, -0.2) is 39.9 Å². The third-order valence-electron chi connectivity index (χ3n) is 5.89. The standard InChI is InChI=1S/C25H22ClF3N4O4S/c1-3-22-31-20-12-18(25(27,28)29)19(26)13-21(20)33(22)23-9-6-16(14-30-23)10-11-32(24(34)35)38(36,37)17-7-4-15(2)5-8-17/h4-9,12-14H,3,10-11H2,1-2H3,(H,34,35)/p-1. The van der Waals surface area contributed by atoms with Gasteiger partial charge in [-0.25, -0.2) is 18.4 Å². The van der Waals surface area contributed by atoms with E-state index in [0.29, 0.717) is 29.1 Å². The number of imidazole rings is 1. The van der Waals surface area contributed by atoms with Crippen molar-refractivity contribution in [3.63, 3.8) is 0 Å². The van der Waals surface area contributed by atoms with Crippen LogP contribution in [0.4, 0.5) is 18.0 Å². The Morgan fingerprint density at radius 3 is 2.37 bits per heavy atom. The van der Waals surface area contributed by atoms with Gasteiger partial charge in [-0.05, 0) is 49.2 Å². The number of hydrogen-bond acceptors (Lipinski definition) is 6. The normalized spacial score (nSPS) is 12.2. The van der Waals surface area contributed by atoms with Gasteiger partial charge in [-0.1, -0.05) is 42.3 Å². The van der Waals surface area contributed by atoms with Crippen molar-refractivity contribution in [2.45, 2.75) is 37.8 Å². The summed E-state index contributed by atoms with van der Waals surface area (Å²) in [6.07, 6.45) is -4.65. The van der Waals surface area contributed by atoms with E-state index in [0.717, 1.165) is 11.6 Å². The molecule has 4 rings (SSSR count). The third kappa shape index (κ3) is 5.32. The molecule has 0 saturated heterocycles. The van der Waals surface area contributed by atoms with E-state index in [4.69, 9.17) is 11.6 Å². The number of alkyl halides is 3. The predicted octanol–water partition coefficient (Wildman–Crippen LogP) is 4.54. The van der Waals surface area contributed by atoms with Crippen LogP contribution in [0.5, 0.6) is 0 Å². The number of amides is 1. The molecule has 4 aromatic rings. The van der Waals surface area contributed by atoms with E-state index < -0.39 is 39.4 Å². The first-order chi connectivity index (χ1) is 17.8. The van der Waals surface area contributed by atoms with Crippen LogP contribution < -0.4 is 5.11 Å². The van der Waals surface area contributed by atoms with Gasteiger partial charge in [0, 0.05) is 19.2 Å². The lowest BCUT2D eigenvalue weighted by molar-refractivity contribution is -0.259. The van der Waals surface area contributed by atoms with Gasteiger partial charge in [0.1, 0.15) is 11.6 Å². The predicted molar refractivity (Wildman–Crippen MR) is 132 cm³/mol. The Balaban J connectivity index is 1.61. The second-order valence-electron chi connectivity index (χ2n) is 8.47. The first-order valence-electron chi connectivity index (χ1n) is 11.4. The number of carbonyl (C=O) groups is 1. The van der Waals surface area contributed by atoms with Crippen LogP contribution in [0, 0.1) is 6.92 Å². The van der Waals surface area contributed by atoms with Crippen molar-refractivity contribution in [3.05, 3.63) is 82.3 Å². The van der Waals surface area contributed by atoms with Gasteiger partial charge in [-0.3, -0.25) is 8.87 Å². The zero-order valence-electron chi connectivity index (χ0n) is 20.2. The van der Waals surface area contributed by atoms with Crippen molar-refractivity contribution in [2.24, 2.45) is 0 Å². The van der Waals surface area contributed by atoms with Crippen LogP contribution in [0.1, 0.15) is 29.4 Å². The molecule has 0 bridgehead atoms. The number of carboxylic acid groups (broad SMARTS) is 1. The molecule has 2 heterocycles. The number of benzene rings is 2. The van der Waals surface area contributed by atoms with E-state index in [1.54, 1.807) is 42.7 Å². The molecule has 0 radical (unpaired) electrons. The highest BCUT2D eigenvalue weighted by Gasteiger charge is 2.34. The number of pyridine rings is 1. The monoisotopic (exact) mass is 565 g/mol. The Hall–Kier alpha value is -3.64. The highest BCUT2D eigenvalue weighted by Crippen LogP contribution is 2.37. The second kappa shape index (κ2) is 10.3. The quantitative estimate of drug-likeness (QED) is 0.325. The molecular formula is C25H21ClF3N4O4S-. The van der Waals surface area contributed by atoms with Gasteiger partial charge in [0.05, 0.1) is 26.5 Å². The lowest BCUT2D eigenvalue weighted by atomic mass is 10.2. The SMILES string of the molecule is CCc1nc2cc(C(F)(F)F)c(Cl)cc2n1-c1ccc(CCN(C(=O)[O-])S(=O)(=O)c2ccc(C)cc2)cn1. The zero-order valence-corrected chi connectivity index (χ0v) is 21.7. The molecule has 2 aromatic heterocycles. The van der Waals surface area contributed by atoms with Crippen molar-refractivity contribution in [1.82, 2.24) is 18.8 Å². The highest BCUT2D eigenvalue weighted by molar-refractivity contribution is 7.89. The molecule has 8 nitrogen and oxygen atoms in total. The lowest BCUT2D eigenvalue weighted by Crippen LogP contribution is -2.45. The van der Waals surface area contributed by atoms with Crippen LogP contribution in [0.25, 0.3) is 16.9 Å². The number of nitrogens with zero attached hydrogens (tertiary/aromatic N) is 4. The van der Waals surface area contributed by atoms with Crippen LogP contribution in [-0.2, 0) is 29.0 Å². The number of carbonyl (C=O) groups excluding carboxylic acids is 1. The fraction of sp³-hybridized carbons (Fsp3) is 0.240. The van der Waals surface area contributed by atoms with E-state index >= 15 is 0 Å². The van der Waals surface area contributed by atoms with Crippen LogP contribution in [0.15, 0.2) is 59.6 Å². The van der Waals surface area contributed by atoms with Crippen molar-refractivity contribution in [2.75, 3.05) is 6.54 Å². The largest absolute Gasteiger partial charge is 0.529 e. The van der Waals surface area contributed by atoms with Crippen LogP contribution in [0.3, 0.4) is 0 Å². The smallest absolute Gasteiger partial charge is 0.417 e. The van der Waals surface area contributed by atoms with Crippen molar-refractivity contribution >= 4 is 38.8 Å². The molecule has 0 fully saturated rings. The van der Waals surface area contributed by atoms with Gasteiger partial charge in [0.15, 0.2) is 6.09 Å². The Morgan fingerprint density at radius 2 is 1.82 bits per heavy atom. The summed E-state index contributed by atoms with van der Waals surface area (Å²) in [6, 6.07) is 11.0. The van der Waals surface area contributed by atoms with Gasteiger partial charge >= 0.3 is 6.18 Å². The summed E-state index contributed by atoms with van der Waals surface area (Å²) in [6.45, 7) is 3.17. The molecule has 0 N–H and O–H groups in total. The van der Waals surface area contributed by atoms with Crippen LogP contribution in [0.2, 0.25) is 5.02 Å². The van der Waals surface area contributed by atoms with Crippen molar-refractivity contribution in [3.8, 4) is 5.82 Å². The molecule has 13 heteroatoms. The minimum atomic E-state index is -4.63. The van der Waals surface area contributed by atoms with Gasteiger partial charge in [0.2, 0.25) is 0 Å². The summed E-state index contributed by atoms with van der Waals surface area (Å²) in [5, 5.41) is 11.2. The minimum absolute atomic E-state index is 0.0123. The number of hydrogen-bond donors (Lipinski definition) is 0. The molecule has 0 aliphatic heterocycles. The molecule has 0 saturated carbocycles. The van der Waals surface area contributed by atoms with E-state index in [1.807, 2.05) is 0 Å². The van der Waals surface area contributed by atoms with Crippen LogP contribution >= 0.6 is 11.6 Å². The molecule has 0 unspecified atom stereocenters. The number of halogens is 4. The number of sulfonamides is 1. The fourth-order valence-corrected chi connectivity index (χ4v) is 5.46. The summed E-state index contributed by atoms with van der Waals surface area (Å²) < 4.78 is 67.4. The second-order valence-corrected chi connectivity index (χ2v) is 10.7. The van der Waals surface area contributed by atoms with E-state index in [1.165, 1.54) is 24.4 Å². The Morgan fingerprint density at radius 1 is 1.13 bits per heavy atom. The van der Waals surface area contributed by atoms with Gasteiger partial charge in [-0.15, -0.1) is 0 Å². The summed E-state index contributed by atoms with van der Waals surface area (Å²) in [5.41, 5.74) is 0.803. The molecule has 0 atom stereocenters. The summed E-state index contributed by atoms with van der Waals surface area (Å²) >= 11 is 5.92. The van der Waals surface area contributed by atoms with Crippen molar-refractivity contribution < 1.29 is 31.5 Å². The number of rotatable bonds is 7. The molecule has 200 valence electrons. The summed E-state index contributed by atoms with van der Waals surface area (Å²) in [7, 11) is -4.34. The molecule has 1 amide bonds. The van der Waals surface area contributed by atoms with E-state index in [2.05, 4.69) is 9.97 Å². The number of aromatic nitrogens is 3. The average Bonchev–Trinajstić information content (AvgIpc) is 3.21. The third-order valence-corrected chi connectivity index (χ3v) is 7.98. The first kappa shape index (κ1) is 27.4. The molecule has 38 heavy (non-hydrogen) atoms. The Bertz CT molecular complexity index is 1600. The van der Waals surface area contributed by atoms with Gasteiger partial charge in [-0.2, -0.15) is 13.2 Å². The number of fused-ring (bicyclic) bond motifs is 1. The summed E-state index contributed by atoms with van der Waals surface area (Å²) in [4.78, 5) is 20.1. The Labute approximate surface area is 221 Å². The molecule has 0 aliphatic carbocycles. The molecule has 2 aromatic carbocycles.